The van der Waals surface area contributed by atoms with Crippen molar-refractivity contribution < 1.29 is 13.9 Å². The molecule has 2 fully saturated rings. The van der Waals surface area contributed by atoms with Gasteiger partial charge in [-0.1, -0.05) is 18.2 Å². The second kappa shape index (κ2) is 10.2. The summed E-state index contributed by atoms with van der Waals surface area (Å²) in [5.74, 6) is 1.25. The summed E-state index contributed by atoms with van der Waals surface area (Å²) in [6, 6.07) is 17.2. The summed E-state index contributed by atoms with van der Waals surface area (Å²) in [6.07, 6.45) is 6.54. The molecule has 0 spiro atoms. The predicted octanol–water partition coefficient (Wildman–Crippen LogP) is 3.75. The number of fused-ring (bicyclic) bond motifs is 1. The van der Waals surface area contributed by atoms with Crippen molar-refractivity contribution in [3.05, 3.63) is 78.2 Å². The molecule has 0 atom stereocenters. The van der Waals surface area contributed by atoms with Crippen LogP contribution in [0.4, 0.5) is 10.2 Å². The van der Waals surface area contributed by atoms with Gasteiger partial charge in [-0.25, -0.2) is 13.9 Å². The van der Waals surface area contributed by atoms with E-state index in [2.05, 4.69) is 33.6 Å². The van der Waals surface area contributed by atoms with E-state index in [4.69, 9.17) is 9.72 Å². The average Bonchev–Trinajstić information content (AvgIpc) is 3.39. The van der Waals surface area contributed by atoms with Crippen LogP contribution in [0.2, 0.25) is 0 Å². The van der Waals surface area contributed by atoms with Crippen LogP contribution in [0.1, 0.15) is 35.7 Å². The summed E-state index contributed by atoms with van der Waals surface area (Å²) in [5, 5.41) is 20.1. The zero-order chi connectivity index (χ0) is 27.7. The van der Waals surface area contributed by atoms with Crippen LogP contribution in [0.3, 0.4) is 0 Å². The summed E-state index contributed by atoms with van der Waals surface area (Å²) in [5.41, 5.74) is 1.60. The Balaban J connectivity index is 1.18. The molecular formula is C30H30FN7O2. The van der Waals surface area contributed by atoms with Crippen LogP contribution in [-0.4, -0.2) is 64.5 Å². The molecule has 2 aliphatic heterocycles. The lowest BCUT2D eigenvalue weighted by molar-refractivity contribution is 0.0345. The highest BCUT2D eigenvalue weighted by atomic mass is 19.1. The first-order chi connectivity index (χ1) is 19.3. The van der Waals surface area contributed by atoms with Crippen LogP contribution in [0.25, 0.3) is 16.6 Å². The Labute approximate surface area is 231 Å². The van der Waals surface area contributed by atoms with Crippen LogP contribution in [0.5, 0.6) is 5.75 Å². The fourth-order valence-corrected chi connectivity index (χ4v) is 5.21. The van der Waals surface area contributed by atoms with E-state index in [1.807, 2.05) is 48.5 Å². The maximum absolute atomic E-state index is 14.5. The number of pyridine rings is 2. The smallest absolute Gasteiger partial charge is 0.251 e. The number of anilines is 1. The highest BCUT2D eigenvalue weighted by Gasteiger charge is 2.38. The van der Waals surface area contributed by atoms with Gasteiger partial charge in [-0.15, -0.1) is 0 Å². The number of benzene rings is 1. The number of aromatic nitrogens is 3. The van der Waals surface area contributed by atoms with Crippen molar-refractivity contribution >= 4 is 17.2 Å². The molecule has 10 heteroatoms. The Morgan fingerprint density at radius 2 is 1.95 bits per heavy atom. The normalized spacial score (nSPS) is 17.6. The molecule has 1 amide bonds. The van der Waals surface area contributed by atoms with E-state index in [1.54, 1.807) is 16.9 Å². The third-order valence-electron chi connectivity index (χ3n) is 7.79. The predicted molar refractivity (Wildman–Crippen MR) is 149 cm³/mol. The third-order valence-corrected chi connectivity index (χ3v) is 7.79. The summed E-state index contributed by atoms with van der Waals surface area (Å²) >= 11 is 0. The Morgan fingerprint density at radius 3 is 2.60 bits per heavy atom. The van der Waals surface area contributed by atoms with Crippen molar-refractivity contribution in [3.8, 4) is 22.9 Å². The molecule has 2 aliphatic rings. The average molecular weight is 540 g/mol. The van der Waals surface area contributed by atoms with E-state index in [-0.39, 0.29) is 31.1 Å². The molecule has 2 saturated heterocycles. The Bertz CT molecular complexity index is 1570. The number of piperidine rings is 1. The van der Waals surface area contributed by atoms with Crippen molar-refractivity contribution in [2.75, 3.05) is 37.7 Å². The van der Waals surface area contributed by atoms with Gasteiger partial charge in [0.2, 0.25) is 0 Å². The summed E-state index contributed by atoms with van der Waals surface area (Å²) in [4.78, 5) is 19.6. The van der Waals surface area contributed by atoms with Crippen molar-refractivity contribution in [1.29, 1.82) is 5.26 Å². The molecule has 0 unspecified atom stereocenters. The Kier molecular flexibility index (Phi) is 6.60. The van der Waals surface area contributed by atoms with Gasteiger partial charge in [0.25, 0.3) is 5.91 Å². The number of carbonyl (C=O) groups excluding carboxylic acids is 1. The number of ether oxygens (including phenoxy) is 1. The van der Waals surface area contributed by atoms with E-state index in [9.17, 15) is 14.4 Å². The number of alkyl halides is 1. The van der Waals surface area contributed by atoms with Gasteiger partial charge in [-0.05, 0) is 50.1 Å². The van der Waals surface area contributed by atoms with E-state index in [0.29, 0.717) is 22.4 Å². The largest absolute Gasteiger partial charge is 0.489 e. The molecule has 4 aromatic rings. The molecule has 3 aromatic heterocycles. The molecule has 0 saturated carbocycles. The minimum atomic E-state index is -1.38. The van der Waals surface area contributed by atoms with Gasteiger partial charge >= 0.3 is 0 Å². The van der Waals surface area contributed by atoms with Gasteiger partial charge in [-0.2, -0.15) is 10.4 Å². The number of halogens is 1. The lowest BCUT2D eigenvalue weighted by atomic mass is 9.89. The monoisotopic (exact) mass is 539 g/mol. The molecular weight excluding hydrogens is 509 g/mol. The lowest BCUT2D eigenvalue weighted by Gasteiger charge is -2.40. The van der Waals surface area contributed by atoms with Crippen LogP contribution >= 0.6 is 0 Å². The number of amides is 1. The molecule has 0 bridgehead atoms. The first kappa shape index (κ1) is 25.8. The summed E-state index contributed by atoms with van der Waals surface area (Å²) in [7, 11) is 0. The van der Waals surface area contributed by atoms with Crippen LogP contribution in [0.15, 0.2) is 67.1 Å². The zero-order valence-corrected chi connectivity index (χ0v) is 22.2. The molecule has 204 valence electrons. The second-order valence-electron chi connectivity index (χ2n) is 10.9. The fourth-order valence-electron chi connectivity index (χ4n) is 5.21. The highest BCUT2D eigenvalue weighted by Crippen LogP contribution is 2.33. The standard InChI is InChI=1S/C30H30FN7O2/c1-29(36-28(39)21-5-3-2-4-6-21)9-11-37(12-10-29)26-8-7-22(15-34-26)25-13-24(40-20-30(31)18-33-19-30)17-38-27(25)23(14-32)16-35-38/h2-8,13,15-17,33H,9-12,18-20H2,1H3,(H,36,39). The van der Waals surface area contributed by atoms with Crippen molar-refractivity contribution in [2.24, 2.45) is 0 Å². The highest BCUT2D eigenvalue weighted by molar-refractivity contribution is 5.94. The quantitative estimate of drug-likeness (QED) is 0.368. The number of rotatable bonds is 7. The molecule has 0 radical (unpaired) electrons. The van der Waals surface area contributed by atoms with Gasteiger partial charge in [0.05, 0.1) is 23.5 Å². The second-order valence-corrected chi connectivity index (χ2v) is 10.9. The van der Waals surface area contributed by atoms with Crippen molar-refractivity contribution in [3.63, 3.8) is 0 Å². The fraction of sp³-hybridized carbons (Fsp3) is 0.333. The molecule has 0 aliphatic carbocycles. The van der Waals surface area contributed by atoms with E-state index >= 15 is 0 Å². The van der Waals surface area contributed by atoms with Crippen LogP contribution < -0.4 is 20.3 Å². The van der Waals surface area contributed by atoms with Gasteiger partial charge in [0, 0.05) is 54.6 Å². The van der Waals surface area contributed by atoms with Gasteiger partial charge in [-0.3, -0.25) is 4.79 Å². The lowest BCUT2D eigenvalue weighted by Crippen LogP contribution is -2.59. The number of hydrogen-bond acceptors (Lipinski definition) is 7. The molecule has 5 heterocycles. The SMILES string of the molecule is CC1(NC(=O)c2ccccc2)CCN(c2ccc(-c3cc(OCC4(F)CNC4)cn4ncc(C#N)c34)cn2)CC1. The van der Waals surface area contributed by atoms with E-state index in [1.165, 1.54) is 6.20 Å². The molecule has 6 rings (SSSR count). The topological polar surface area (TPSA) is 108 Å². The maximum Gasteiger partial charge on any atom is 0.251 e. The number of carbonyl (C=O) groups is 1. The number of nitriles is 1. The minimum Gasteiger partial charge on any atom is -0.489 e. The van der Waals surface area contributed by atoms with Gasteiger partial charge < -0.3 is 20.3 Å². The van der Waals surface area contributed by atoms with Crippen molar-refractivity contribution in [2.45, 2.75) is 31.0 Å². The van der Waals surface area contributed by atoms with Crippen LogP contribution in [0, 0.1) is 11.3 Å². The molecule has 40 heavy (non-hydrogen) atoms. The summed E-state index contributed by atoms with van der Waals surface area (Å²) < 4.78 is 21.9. The third kappa shape index (κ3) is 5.08. The van der Waals surface area contributed by atoms with Crippen LogP contribution in [-0.2, 0) is 0 Å². The molecule has 2 N–H and O–H groups in total. The van der Waals surface area contributed by atoms with Gasteiger partial charge in [0.1, 0.15) is 24.2 Å². The molecule has 9 nitrogen and oxygen atoms in total. The Morgan fingerprint density at radius 1 is 1.18 bits per heavy atom. The number of hydrogen-bond donors (Lipinski definition) is 2. The van der Waals surface area contributed by atoms with Crippen molar-refractivity contribution in [1.82, 2.24) is 25.2 Å². The summed E-state index contributed by atoms with van der Waals surface area (Å²) in [6.45, 7) is 4.08. The molecule has 1 aromatic carbocycles. The minimum absolute atomic E-state index is 0.0563. The maximum atomic E-state index is 14.5. The number of nitrogens with one attached hydrogen (secondary N) is 2. The zero-order valence-electron chi connectivity index (χ0n) is 22.2. The van der Waals surface area contributed by atoms with E-state index in [0.717, 1.165) is 42.9 Å². The first-order valence-electron chi connectivity index (χ1n) is 13.4. The first-order valence-corrected chi connectivity index (χ1v) is 13.4. The van der Waals surface area contributed by atoms with E-state index < -0.39 is 5.67 Å². The number of nitrogens with zero attached hydrogens (tertiary/aromatic N) is 5. The Hall–Kier alpha value is -4.49. The van der Waals surface area contributed by atoms with Gasteiger partial charge in [0.15, 0.2) is 5.67 Å².